The Bertz CT molecular complexity index is 1130. The van der Waals surface area contributed by atoms with Gasteiger partial charge in [0, 0.05) is 10.9 Å². The van der Waals surface area contributed by atoms with E-state index in [2.05, 4.69) is 21.4 Å². The van der Waals surface area contributed by atoms with Gasteiger partial charge < -0.3 is 4.42 Å². The molecule has 1 aromatic carbocycles. The van der Waals surface area contributed by atoms with Crippen LogP contribution in [0.25, 0.3) is 37.4 Å². The molecule has 0 aliphatic carbocycles. The Hall–Kier alpha value is -2.51. The molecule has 0 unspecified atom stereocenters. The van der Waals surface area contributed by atoms with Gasteiger partial charge in [0.05, 0.1) is 4.88 Å². The molecule has 5 nitrogen and oxygen atoms in total. The maximum absolute atomic E-state index is 6.00. The maximum atomic E-state index is 6.00. The van der Waals surface area contributed by atoms with E-state index in [-0.39, 0.29) is 0 Å². The Morgan fingerprint density at radius 1 is 1.09 bits per heavy atom. The fraction of sp³-hybridized carbons (Fsp3) is 0.0625. The van der Waals surface area contributed by atoms with Crippen LogP contribution >= 0.6 is 22.7 Å². The zero-order valence-electron chi connectivity index (χ0n) is 12.1. The lowest BCUT2D eigenvalue weighted by atomic mass is 10.1. The number of para-hydroxylation sites is 1. The van der Waals surface area contributed by atoms with Gasteiger partial charge in [-0.25, -0.2) is 0 Å². The average Bonchev–Trinajstić information content (AvgIpc) is 3.30. The third-order valence-corrected chi connectivity index (χ3v) is 5.71. The minimum Gasteiger partial charge on any atom is -0.452 e. The van der Waals surface area contributed by atoms with Gasteiger partial charge in [0.2, 0.25) is 10.8 Å². The summed E-state index contributed by atoms with van der Waals surface area (Å²) in [6.45, 7) is 2.04. The summed E-state index contributed by atoms with van der Waals surface area (Å²) in [5.74, 6) is 1.37. The molecule has 0 atom stereocenters. The molecule has 4 heterocycles. The van der Waals surface area contributed by atoms with Gasteiger partial charge >= 0.3 is 0 Å². The molecular weight excluding hydrogens is 328 g/mol. The van der Waals surface area contributed by atoms with Gasteiger partial charge in [-0.2, -0.15) is 9.61 Å². The monoisotopic (exact) mass is 338 g/mol. The third-order valence-electron chi connectivity index (χ3n) is 3.77. The highest BCUT2D eigenvalue weighted by Gasteiger charge is 2.20. The molecule has 0 bridgehead atoms. The second-order valence-corrected chi connectivity index (χ2v) is 7.06. The number of hydrogen-bond acceptors (Lipinski definition) is 6. The van der Waals surface area contributed by atoms with Crippen LogP contribution in [0.4, 0.5) is 0 Å². The number of rotatable bonds is 2. The second kappa shape index (κ2) is 4.74. The van der Waals surface area contributed by atoms with E-state index in [4.69, 9.17) is 4.42 Å². The van der Waals surface area contributed by atoms with Gasteiger partial charge in [-0.3, -0.25) is 0 Å². The van der Waals surface area contributed by atoms with E-state index in [1.54, 1.807) is 15.9 Å². The van der Waals surface area contributed by atoms with Crippen molar-refractivity contribution in [3.8, 4) is 21.5 Å². The number of thiophene rings is 1. The SMILES string of the molecule is Cc1c(-c2nnc3sc(-c4cccs4)nn23)oc2ccccc12. The van der Waals surface area contributed by atoms with Crippen molar-refractivity contribution in [2.24, 2.45) is 0 Å². The molecule has 0 aliphatic rings. The summed E-state index contributed by atoms with van der Waals surface area (Å²) in [6, 6.07) is 12.1. The Morgan fingerprint density at radius 2 is 2.00 bits per heavy atom. The van der Waals surface area contributed by atoms with Gasteiger partial charge in [0.15, 0.2) is 10.8 Å². The first kappa shape index (κ1) is 13.0. The van der Waals surface area contributed by atoms with Crippen molar-refractivity contribution >= 4 is 38.6 Å². The standard InChI is InChI=1S/C16H10N4OS2/c1-9-10-5-2-3-6-11(10)21-13(9)14-17-18-16-20(14)19-15(23-16)12-7-4-8-22-12/h2-8H,1H3. The Morgan fingerprint density at radius 3 is 2.83 bits per heavy atom. The second-order valence-electron chi connectivity index (χ2n) is 5.15. The van der Waals surface area contributed by atoms with E-state index < -0.39 is 0 Å². The van der Waals surface area contributed by atoms with Crippen molar-refractivity contribution in [2.75, 3.05) is 0 Å². The van der Waals surface area contributed by atoms with Crippen LogP contribution in [0.15, 0.2) is 46.2 Å². The third kappa shape index (κ3) is 1.87. The molecule has 0 saturated heterocycles. The summed E-state index contributed by atoms with van der Waals surface area (Å²) in [5.41, 5.74) is 1.91. The number of aryl methyl sites for hydroxylation is 1. The summed E-state index contributed by atoms with van der Waals surface area (Å²) < 4.78 is 7.76. The van der Waals surface area contributed by atoms with Crippen molar-refractivity contribution in [1.29, 1.82) is 0 Å². The zero-order valence-corrected chi connectivity index (χ0v) is 13.7. The molecule has 23 heavy (non-hydrogen) atoms. The quantitative estimate of drug-likeness (QED) is 0.471. The summed E-state index contributed by atoms with van der Waals surface area (Å²) >= 11 is 3.20. The molecule has 0 aliphatic heterocycles. The first-order valence-corrected chi connectivity index (χ1v) is 8.75. The number of hydrogen-bond donors (Lipinski definition) is 0. The maximum Gasteiger partial charge on any atom is 0.235 e. The molecule has 7 heteroatoms. The molecule has 0 amide bonds. The Balaban J connectivity index is 1.74. The van der Waals surface area contributed by atoms with E-state index in [1.807, 2.05) is 42.6 Å². The zero-order chi connectivity index (χ0) is 15.4. The van der Waals surface area contributed by atoms with E-state index in [9.17, 15) is 0 Å². The van der Waals surface area contributed by atoms with Crippen LogP contribution in [0.5, 0.6) is 0 Å². The highest BCUT2D eigenvalue weighted by molar-refractivity contribution is 7.23. The molecule has 0 spiro atoms. The lowest BCUT2D eigenvalue weighted by molar-refractivity contribution is 0.619. The van der Waals surface area contributed by atoms with Gasteiger partial charge in [0.1, 0.15) is 5.58 Å². The van der Waals surface area contributed by atoms with E-state index in [0.717, 1.165) is 37.1 Å². The van der Waals surface area contributed by atoms with Crippen LogP contribution in [-0.2, 0) is 0 Å². The molecule has 0 radical (unpaired) electrons. The van der Waals surface area contributed by atoms with Crippen LogP contribution < -0.4 is 0 Å². The van der Waals surface area contributed by atoms with Crippen molar-refractivity contribution in [3.63, 3.8) is 0 Å². The molecule has 0 fully saturated rings. The van der Waals surface area contributed by atoms with Gasteiger partial charge in [-0.15, -0.1) is 21.5 Å². The summed E-state index contributed by atoms with van der Waals surface area (Å²) in [7, 11) is 0. The largest absolute Gasteiger partial charge is 0.452 e. The van der Waals surface area contributed by atoms with Crippen molar-refractivity contribution in [2.45, 2.75) is 6.92 Å². The van der Waals surface area contributed by atoms with Gasteiger partial charge in [0.25, 0.3) is 0 Å². The van der Waals surface area contributed by atoms with Crippen LogP contribution in [-0.4, -0.2) is 19.8 Å². The average molecular weight is 338 g/mol. The molecule has 5 rings (SSSR count). The van der Waals surface area contributed by atoms with E-state index >= 15 is 0 Å². The smallest absolute Gasteiger partial charge is 0.235 e. The van der Waals surface area contributed by atoms with E-state index in [0.29, 0.717) is 5.82 Å². The van der Waals surface area contributed by atoms with Crippen LogP contribution in [0.1, 0.15) is 5.56 Å². The fourth-order valence-electron chi connectivity index (χ4n) is 2.65. The summed E-state index contributed by atoms with van der Waals surface area (Å²) in [4.78, 5) is 1.90. The molecule has 0 N–H and O–H groups in total. The van der Waals surface area contributed by atoms with Crippen molar-refractivity contribution in [1.82, 2.24) is 19.8 Å². The lowest BCUT2D eigenvalue weighted by Gasteiger charge is -1.93. The van der Waals surface area contributed by atoms with Crippen LogP contribution in [0.3, 0.4) is 0 Å². The number of fused-ring (bicyclic) bond motifs is 2. The fourth-order valence-corrected chi connectivity index (χ4v) is 4.28. The summed E-state index contributed by atoms with van der Waals surface area (Å²) in [6.07, 6.45) is 0. The molecule has 5 aromatic rings. The normalized spacial score (nSPS) is 11.7. The minimum absolute atomic E-state index is 0.646. The first-order chi connectivity index (χ1) is 11.3. The number of nitrogens with zero attached hydrogens (tertiary/aromatic N) is 4. The van der Waals surface area contributed by atoms with Crippen molar-refractivity contribution < 1.29 is 4.42 Å². The predicted octanol–water partition coefficient (Wildman–Crippen LogP) is 4.64. The predicted molar refractivity (Wildman–Crippen MR) is 91.9 cm³/mol. The van der Waals surface area contributed by atoms with Crippen LogP contribution in [0, 0.1) is 6.92 Å². The van der Waals surface area contributed by atoms with Crippen molar-refractivity contribution in [3.05, 3.63) is 47.3 Å². The summed E-state index contributed by atoms with van der Waals surface area (Å²) in [5, 5.41) is 17.3. The highest BCUT2D eigenvalue weighted by Crippen LogP contribution is 2.34. The first-order valence-electron chi connectivity index (χ1n) is 7.06. The topological polar surface area (TPSA) is 56.2 Å². The van der Waals surface area contributed by atoms with E-state index in [1.165, 1.54) is 11.3 Å². The highest BCUT2D eigenvalue weighted by atomic mass is 32.1. The molecule has 112 valence electrons. The lowest BCUT2D eigenvalue weighted by Crippen LogP contribution is -1.90. The number of furan rings is 1. The molecular formula is C16H10N4OS2. The minimum atomic E-state index is 0.646. The molecule has 0 saturated carbocycles. The number of aromatic nitrogens is 4. The van der Waals surface area contributed by atoms with Crippen LogP contribution in [0.2, 0.25) is 0 Å². The van der Waals surface area contributed by atoms with Gasteiger partial charge in [-0.1, -0.05) is 35.6 Å². The Kier molecular flexibility index (Phi) is 2.67. The number of benzene rings is 1. The van der Waals surface area contributed by atoms with Gasteiger partial charge in [-0.05, 0) is 24.4 Å². The Labute approximate surface area is 138 Å². The molecule has 4 aromatic heterocycles.